The van der Waals surface area contributed by atoms with Gasteiger partial charge in [-0.25, -0.2) is 4.79 Å². The molecule has 26 heavy (non-hydrogen) atoms. The fourth-order valence-corrected chi connectivity index (χ4v) is 2.82. The molecule has 0 amide bonds. The molecule has 132 valence electrons. The molecule has 0 radical (unpaired) electrons. The van der Waals surface area contributed by atoms with Crippen LogP contribution in [0.25, 0.3) is 11.3 Å². The minimum atomic E-state index is -0.520. The van der Waals surface area contributed by atoms with Gasteiger partial charge in [-0.3, -0.25) is 10.1 Å². The Bertz CT molecular complexity index is 922. The van der Waals surface area contributed by atoms with Gasteiger partial charge in [-0.2, -0.15) is 0 Å². The van der Waals surface area contributed by atoms with Gasteiger partial charge in [0.25, 0.3) is 5.69 Å². The molecule has 0 spiro atoms. The second-order valence-electron chi connectivity index (χ2n) is 5.11. The summed E-state index contributed by atoms with van der Waals surface area (Å²) in [6, 6.07) is 13.0. The lowest BCUT2D eigenvalue weighted by Crippen LogP contribution is -1.98. The molecule has 8 nitrogen and oxygen atoms in total. The first kappa shape index (κ1) is 17.6. The van der Waals surface area contributed by atoms with Crippen molar-refractivity contribution in [3.05, 3.63) is 70.2 Å². The van der Waals surface area contributed by atoms with E-state index in [1.54, 1.807) is 36.4 Å². The molecule has 0 aliphatic rings. The number of aromatic nitrogens is 2. The highest BCUT2D eigenvalue weighted by Gasteiger charge is 2.12. The topological polar surface area (TPSA) is 108 Å². The second-order valence-corrected chi connectivity index (χ2v) is 6.10. The number of nitro benzene ring substituents is 1. The largest absolute Gasteiger partial charge is 0.463 e. The smallest absolute Gasteiger partial charge is 0.373 e. The molecule has 2 aromatic heterocycles. The van der Waals surface area contributed by atoms with Crippen LogP contribution in [0.2, 0.25) is 0 Å². The second kappa shape index (κ2) is 7.79. The highest BCUT2D eigenvalue weighted by atomic mass is 32.2. The van der Waals surface area contributed by atoms with Crippen LogP contribution in [0.3, 0.4) is 0 Å². The number of rotatable bonds is 6. The minimum Gasteiger partial charge on any atom is -0.463 e. The number of hydrogen-bond acceptors (Lipinski definition) is 8. The van der Waals surface area contributed by atoms with E-state index >= 15 is 0 Å². The molecule has 0 aliphatic carbocycles. The van der Waals surface area contributed by atoms with Crippen LogP contribution in [-0.4, -0.2) is 28.2 Å². The highest BCUT2D eigenvalue weighted by molar-refractivity contribution is 7.98. The lowest BCUT2D eigenvalue weighted by atomic mass is 10.1. The van der Waals surface area contributed by atoms with E-state index in [4.69, 9.17) is 4.42 Å². The monoisotopic (exact) mass is 371 g/mol. The third-order valence-corrected chi connectivity index (χ3v) is 4.37. The normalized spacial score (nSPS) is 10.5. The number of furan rings is 1. The number of ether oxygens (including phenoxy) is 1. The van der Waals surface area contributed by atoms with Crippen LogP contribution < -0.4 is 0 Å². The molecule has 3 aromatic rings. The van der Waals surface area contributed by atoms with Gasteiger partial charge in [0.15, 0.2) is 0 Å². The molecule has 0 aliphatic heterocycles. The van der Waals surface area contributed by atoms with Crippen molar-refractivity contribution in [3.8, 4) is 11.3 Å². The van der Waals surface area contributed by atoms with Crippen molar-refractivity contribution >= 4 is 23.4 Å². The van der Waals surface area contributed by atoms with Gasteiger partial charge in [0.05, 0.1) is 23.5 Å². The maximum Gasteiger partial charge on any atom is 0.373 e. The van der Waals surface area contributed by atoms with E-state index in [2.05, 4.69) is 14.9 Å². The lowest BCUT2D eigenvalue weighted by Gasteiger charge is -2.02. The Hall–Kier alpha value is -3.20. The van der Waals surface area contributed by atoms with Gasteiger partial charge >= 0.3 is 5.97 Å². The SMILES string of the molecule is COC(=O)c1ccc(CSc2ccc(-c3ccc([N+](=O)[O-])cc3)nn2)o1. The number of carbonyl (C=O) groups excluding carboxylic acids is 1. The zero-order valence-electron chi connectivity index (χ0n) is 13.6. The Balaban J connectivity index is 1.63. The third-order valence-electron chi connectivity index (χ3n) is 3.42. The number of nitro groups is 1. The van der Waals surface area contributed by atoms with Gasteiger partial charge in [0, 0.05) is 17.7 Å². The van der Waals surface area contributed by atoms with Gasteiger partial charge in [-0.05, 0) is 36.4 Å². The minimum absolute atomic E-state index is 0.0265. The summed E-state index contributed by atoms with van der Waals surface area (Å²) in [5, 5.41) is 19.6. The summed E-state index contributed by atoms with van der Waals surface area (Å²) in [6.07, 6.45) is 0. The van der Waals surface area contributed by atoms with Gasteiger partial charge in [-0.1, -0.05) is 11.8 Å². The number of thioether (sulfide) groups is 1. The van der Waals surface area contributed by atoms with Crippen molar-refractivity contribution in [1.82, 2.24) is 10.2 Å². The van der Waals surface area contributed by atoms with Gasteiger partial charge in [0.1, 0.15) is 10.8 Å². The summed E-state index contributed by atoms with van der Waals surface area (Å²) in [7, 11) is 1.29. The van der Waals surface area contributed by atoms with Crippen molar-refractivity contribution < 1.29 is 18.9 Å². The number of esters is 1. The average Bonchev–Trinajstić information content (AvgIpc) is 3.15. The molecule has 0 N–H and O–H groups in total. The van der Waals surface area contributed by atoms with Crippen molar-refractivity contribution in [2.45, 2.75) is 10.8 Å². The average molecular weight is 371 g/mol. The zero-order valence-corrected chi connectivity index (χ0v) is 14.4. The summed E-state index contributed by atoms with van der Waals surface area (Å²) in [5.41, 5.74) is 1.39. The summed E-state index contributed by atoms with van der Waals surface area (Å²) >= 11 is 1.41. The molecule has 0 fully saturated rings. The van der Waals surface area contributed by atoms with E-state index in [-0.39, 0.29) is 11.4 Å². The Morgan fingerprint density at radius 1 is 1.15 bits per heavy atom. The summed E-state index contributed by atoms with van der Waals surface area (Å²) in [6.45, 7) is 0. The number of nitrogens with zero attached hydrogens (tertiary/aromatic N) is 3. The quantitative estimate of drug-likeness (QED) is 0.279. The predicted octanol–water partition coefficient (Wildman–Crippen LogP) is 3.72. The first-order chi connectivity index (χ1) is 12.6. The Kier molecular flexibility index (Phi) is 5.28. The molecule has 0 saturated heterocycles. The van der Waals surface area contributed by atoms with E-state index in [0.29, 0.717) is 22.2 Å². The highest BCUT2D eigenvalue weighted by Crippen LogP contribution is 2.25. The summed E-state index contributed by atoms with van der Waals surface area (Å²) in [4.78, 5) is 21.6. The third kappa shape index (κ3) is 4.06. The van der Waals surface area contributed by atoms with Crippen LogP contribution >= 0.6 is 11.8 Å². The summed E-state index contributed by atoms with van der Waals surface area (Å²) < 4.78 is 9.97. The molecule has 2 heterocycles. The van der Waals surface area contributed by atoms with Crippen LogP contribution in [0.5, 0.6) is 0 Å². The van der Waals surface area contributed by atoms with Crippen molar-refractivity contribution in [3.63, 3.8) is 0 Å². The molecule has 0 atom stereocenters. The maximum atomic E-state index is 11.3. The Morgan fingerprint density at radius 2 is 1.92 bits per heavy atom. The van der Waals surface area contributed by atoms with Crippen LogP contribution in [0.15, 0.2) is 58.0 Å². The van der Waals surface area contributed by atoms with Gasteiger partial charge in [-0.15, -0.1) is 10.2 Å². The molecule has 1 aromatic carbocycles. The number of carbonyl (C=O) groups is 1. The Morgan fingerprint density at radius 3 is 2.54 bits per heavy atom. The molecular formula is C17H13N3O5S. The number of hydrogen-bond donors (Lipinski definition) is 0. The van der Waals surface area contributed by atoms with Crippen LogP contribution in [0, 0.1) is 10.1 Å². The fourth-order valence-electron chi connectivity index (χ4n) is 2.12. The van der Waals surface area contributed by atoms with Crippen molar-refractivity contribution in [2.75, 3.05) is 7.11 Å². The molecule has 3 rings (SSSR count). The first-order valence-corrected chi connectivity index (χ1v) is 8.44. The number of methoxy groups -OCH3 is 1. The van der Waals surface area contributed by atoms with Crippen molar-refractivity contribution in [1.29, 1.82) is 0 Å². The maximum absolute atomic E-state index is 11.3. The van der Waals surface area contributed by atoms with Crippen LogP contribution in [-0.2, 0) is 10.5 Å². The van der Waals surface area contributed by atoms with Gasteiger partial charge < -0.3 is 9.15 Å². The molecule has 9 heteroatoms. The van der Waals surface area contributed by atoms with Crippen LogP contribution in [0.4, 0.5) is 5.69 Å². The van der Waals surface area contributed by atoms with E-state index in [1.165, 1.54) is 31.0 Å². The lowest BCUT2D eigenvalue weighted by molar-refractivity contribution is -0.384. The molecular weight excluding hydrogens is 358 g/mol. The number of non-ortho nitro benzene ring substituents is 1. The summed E-state index contributed by atoms with van der Waals surface area (Å²) in [5.74, 6) is 0.746. The molecule has 0 saturated carbocycles. The fraction of sp³-hybridized carbons (Fsp3) is 0.118. The van der Waals surface area contributed by atoms with E-state index in [0.717, 1.165) is 5.56 Å². The zero-order chi connectivity index (χ0) is 18.5. The molecule has 0 unspecified atom stereocenters. The first-order valence-electron chi connectivity index (χ1n) is 7.45. The van der Waals surface area contributed by atoms with Crippen LogP contribution in [0.1, 0.15) is 16.3 Å². The standard InChI is InChI=1S/C17H13N3O5S/c1-24-17(21)15-8-6-13(25-15)10-26-16-9-7-14(18-19-16)11-2-4-12(5-3-11)20(22)23/h2-9H,10H2,1H3. The Labute approximate surface area is 152 Å². The van der Waals surface area contributed by atoms with E-state index in [9.17, 15) is 14.9 Å². The van der Waals surface area contributed by atoms with Gasteiger partial charge in [0.2, 0.25) is 5.76 Å². The predicted molar refractivity (Wildman–Crippen MR) is 93.7 cm³/mol. The van der Waals surface area contributed by atoms with E-state index in [1.807, 2.05) is 0 Å². The van der Waals surface area contributed by atoms with Crippen molar-refractivity contribution in [2.24, 2.45) is 0 Å². The number of benzene rings is 1. The molecule has 0 bridgehead atoms. The van der Waals surface area contributed by atoms with E-state index < -0.39 is 10.9 Å².